The van der Waals surface area contributed by atoms with Crippen molar-refractivity contribution in [2.24, 2.45) is 5.73 Å². The molecule has 36 heavy (non-hydrogen) atoms. The number of benzene rings is 2. The van der Waals surface area contributed by atoms with Gasteiger partial charge in [0, 0.05) is 12.6 Å². The summed E-state index contributed by atoms with van der Waals surface area (Å²) in [6, 6.07) is 16.1. The minimum absolute atomic E-state index is 0. The number of nitrogens with zero attached hydrogens (tertiary/aromatic N) is 2. The van der Waals surface area contributed by atoms with E-state index >= 15 is 0 Å². The minimum atomic E-state index is -1.16. The van der Waals surface area contributed by atoms with Crippen LogP contribution in [-0.2, 0) is 27.4 Å². The number of hydrogen-bond acceptors (Lipinski definition) is 6. The number of anilines is 1. The van der Waals surface area contributed by atoms with Crippen LogP contribution in [0.5, 0.6) is 0 Å². The summed E-state index contributed by atoms with van der Waals surface area (Å²) in [4.78, 5) is 29.8. The second-order valence-corrected chi connectivity index (χ2v) is 9.36. The Morgan fingerprint density at radius 1 is 1.19 bits per heavy atom. The second-order valence-electron chi connectivity index (χ2n) is 9.36. The highest BCUT2D eigenvalue weighted by molar-refractivity contribution is 5.98. The van der Waals surface area contributed by atoms with Crippen molar-refractivity contribution in [3.8, 4) is 0 Å². The number of ether oxygens (including phenoxy) is 1. The topological polar surface area (TPSA) is 132 Å². The molecule has 1 aliphatic carbocycles. The number of nitrogens with one attached hydrogen (secondary N) is 2. The van der Waals surface area contributed by atoms with E-state index in [1.165, 1.54) is 0 Å². The van der Waals surface area contributed by atoms with Crippen molar-refractivity contribution in [1.29, 1.82) is 0 Å². The predicted molar refractivity (Wildman–Crippen MR) is 138 cm³/mol. The van der Waals surface area contributed by atoms with Crippen LogP contribution in [0, 0.1) is 0 Å². The number of hydrogen-bond donors (Lipinski definition) is 4. The zero-order chi connectivity index (χ0) is 25.0. The van der Waals surface area contributed by atoms with Gasteiger partial charge in [0.15, 0.2) is 5.82 Å². The average Bonchev–Trinajstić information content (AvgIpc) is 3.41. The van der Waals surface area contributed by atoms with Crippen LogP contribution < -0.4 is 16.4 Å². The van der Waals surface area contributed by atoms with Crippen molar-refractivity contribution in [2.75, 3.05) is 11.9 Å². The molecule has 3 atom stereocenters. The molecule has 5 N–H and O–H groups in total. The number of aliphatic hydroxyl groups excluding tert-OH is 1. The van der Waals surface area contributed by atoms with Gasteiger partial charge in [-0.15, -0.1) is 0 Å². The lowest BCUT2D eigenvalue weighted by molar-refractivity contribution is -0.130. The molecule has 3 aromatic rings. The second kappa shape index (κ2) is 11.5. The number of fused-ring (bicyclic) bond motifs is 1. The number of carbonyl (C=O) groups excluding carboxylic acids is 2. The number of nitrogens with two attached hydrogens (primary N) is 1. The van der Waals surface area contributed by atoms with Gasteiger partial charge in [0.05, 0.1) is 37.2 Å². The highest BCUT2D eigenvalue weighted by Gasteiger charge is 2.33. The lowest BCUT2D eigenvalue weighted by Gasteiger charge is -2.23. The number of aromatic nitrogens is 2. The number of rotatable bonds is 9. The molecule has 0 saturated heterocycles. The lowest BCUT2D eigenvalue weighted by atomic mass is 10.1. The number of carbonyl (C=O) groups is 2. The summed E-state index contributed by atoms with van der Waals surface area (Å²) < 4.78 is 7.51. The van der Waals surface area contributed by atoms with Crippen molar-refractivity contribution in [3.63, 3.8) is 0 Å². The molecule has 9 nitrogen and oxygen atoms in total. The van der Waals surface area contributed by atoms with Gasteiger partial charge in [0.2, 0.25) is 5.91 Å². The zero-order valence-corrected chi connectivity index (χ0v) is 19.8. The molecular formula is C27H35N5O4. The molecule has 0 spiro atoms. The Kier molecular flexibility index (Phi) is 8.62. The van der Waals surface area contributed by atoms with Gasteiger partial charge in [-0.05, 0) is 30.5 Å². The van der Waals surface area contributed by atoms with E-state index in [0.29, 0.717) is 18.8 Å². The smallest absolute Gasteiger partial charge is 0.250 e. The van der Waals surface area contributed by atoms with E-state index in [1.807, 2.05) is 54.6 Å². The summed E-state index contributed by atoms with van der Waals surface area (Å²) in [7, 11) is 0. The SMILES string of the molecule is C.CC(C)(N)C(=O)N[C@H](COCc1ccccc1)C(=O)Nc1cn([C@H]2c3ccccc3C[C@H]2O)cn1. The van der Waals surface area contributed by atoms with Crippen LogP contribution in [0.3, 0.4) is 0 Å². The fourth-order valence-electron chi connectivity index (χ4n) is 4.07. The van der Waals surface area contributed by atoms with E-state index in [-0.39, 0.29) is 20.1 Å². The fourth-order valence-corrected chi connectivity index (χ4v) is 4.07. The van der Waals surface area contributed by atoms with E-state index < -0.39 is 29.5 Å². The molecule has 0 radical (unpaired) electrons. The molecule has 1 aromatic heterocycles. The molecule has 4 rings (SSSR count). The Bertz CT molecular complexity index is 1170. The fraction of sp³-hybridized carbons (Fsp3) is 0.370. The normalized spacial score (nSPS) is 17.6. The minimum Gasteiger partial charge on any atom is -0.390 e. The summed E-state index contributed by atoms with van der Waals surface area (Å²) in [6.45, 7) is 3.38. The lowest BCUT2D eigenvalue weighted by Crippen LogP contribution is -2.56. The van der Waals surface area contributed by atoms with E-state index in [0.717, 1.165) is 16.7 Å². The summed E-state index contributed by atoms with van der Waals surface area (Å²) in [5.41, 5.74) is 7.81. The van der Waals surface area contributed by atoms with Crippen LogP contribution in [0.4, 0.5) is 5.82 Å². The van der Waals surface area contributed by atoms with Crippen molar-refractivity contribution >= 4 is 17.6 Å². The quantitative estimate of drug-likeness (QED) is 0.362. The summed E-state index contributed by atoms with van der Waals surface area (Å²) >= 11 is 0. The van der Waals surface area contributed by atoms with Crippen LogP contribution in [-0.4, -0.2) is 50.8 Å². The van der Waals surface area contributed by atoms with Gasteiger partial charge in [-0.2, -0.15) is 0 Å². The first-order valence-corrected chi connectivity index (χ1v) is 11.5. The van der Waals surface area contributed by atoms with Gasteiger partial charge < -0.3 is 30.8 Å². The summed E-state index contributed by atoms with van der Waals surface area (Å²) in [5, 5.41) is 16.0. The molecule has 1 heterocycles. The summed E-state index contributed by atoms with van der Waals surface area (Å²) in [6.07, 6.45) is 3.22. The Hall–Kier alpha value is -3.53. The van der Waals surface area contributed by atoms with Gasteiger partial charge in [-0.1, -0.05) is 62.0 Å². The molecule has 2 amide bonds. The first-order chi connectivity index (χ1) is 16.7. The number of imidazole rings is 1. The van der Waals surface area contributed by atoms with Crippen LogP contribution >= 0.6 is 0 Å². The molecule has 9 heteroatoms. The third-order valence-electron chi connectivity index (χ3n) is 5.94. The van der Waals surface area contributed by atoms with Gasteiger partial charge in [0.1, 0.15) is 6.04 Å². The van der Waals surface area contributed by atoms with Crippen LogP contribution in [0.1, 0.15) is 44.0 Å². The molecular weight excluding hydrogens is 458 g/mol. The first kappa shape index (κ1) is 27.1. The molecule has 0 unspecified atom stereocenters. The average molecular weight is 494 g/mol. The highest BCUT2D eigenvalue weighted by atomic mass is 16.5. The van der Waals surface area contributed by atoms with Crippen molar-refractivity contribution in [3.05, 3.63) is 83.8 Å². The maximum Gasteiger partial charge on any atom is 0.250 e. The van der Waals surface area contributed by atoms with Crippen LogP contribution in [0.15, 0.2) is 67.1 Å². The Balaban J connectivity index is 0.00000361. The highest BCUT2D eigenvalue weighted by Crippen LogP contribution is 2.34. The van der Waals surface area contributed by atoms with E-state index in [9.17, 15) is 14.7 Å². The van der Waals surface area contributed by atoms with E-state index in [4.69, 9.17) is 10.5 Å². The Morgan fingerprint density at radius 2 is 1.89 bits per heavy atom. The van der Waals surface area contributed by atoms with Crippen molar-refractivity contribution in [1.82, 2.24) is 14.9 Å². The van der Waals surface area contributed by atoms with Gasteiger partial charge in [-0.3, -0.25) is 9.59 Å². The van der Waals surface area contributed by atoms with Crippen molar-refractivity contribution < 1.29 is 19.4 Å². The van der Waals surface area contributed by atoms with E-state index in [1.54, 1.807) is 30.9 Å². The van der Waals surface area contributed by atoms with E-state index in [2.05, 4.69) is 15.6 Å². The Labute approximate surface area is 211 Å². The summed E-state index contributed by atoms with van der Waals surface area (Å²) in [5.74, 6) is -0.647. The molecule has 0 fully saturated rings. The monoisotopic (exact) mass is 493 g/mol. The van der Waals surface area contributed by atoms with Crippen LogP contribution in [0.25, 0.3) is 0 Å². The van der Waals surface area contributed by atoms with Gasteiger partial charge >= 0.3 is 0 Å². The zero-order valence-electron chi connectivity index (χ0n) is 19.8. The maximum atomic E-state index is 13.1. The molecule has 0 aliphatic heterocycles. The third kappa shape index (κ3) is 6.37. The van der Waals surface area contributed by atoms with Crippen molar-refractivity contribution in [2.45, 2.75) is 58.0 Å². The molecule has 0 saturated carbocycles. The standard InChI is InChI=1S/C26H31N5O4.CH4/c1-26(2,27)25(34)29-20(15-35-14-17-8-4-3-5-9-17)24(33)30-22-13-31(16-28-22)23-19-11-7-6-10-18(19)12-21(23)32;/h3-11,13,16,20-21,23,32H,12,14-15,27H2,1-2H3,(H,29,34)(H,30,33);1H4/t20-,21-,23+;/m1./s1. The molecule has 2 aromatic carbocycles. The van der Waals surface area contributed by atoms with Gasteiger partial charge in [0.25, 0.3) is 5.91 Å². The molecule has 192 valence electrons. The maximum absolute atomic E-state index is 13.1. The number of amides is 2. The predicted octanol–water partition coefficient (Wildman–Crippen LogP) is 2.40. The molecule has 0 bridgehead atoms. The van der Waals surface area contributed by atoms with Gasteiger partial charge in [-0.25, -0.2) is 4.98 Å². The Morgan fingerprint density at radius 3 is 2.61 bits per heavy atom. The largest absolute Gasteiger partial charge is 0.390 e. The number of aliphatic hydroxyl groups is 1. The molecule has 1 aliphatic rings. The first-order valence-electron chi connectivity index (χ1n) is 11.5. The van der Waals surface area contributed by atoms with Crippen LogP contribution in [0.2, 0.25) is 0 Å². The third-order valence-corrected chi connectivity index (χ3v) is 5.94.